The number of halogens is 1. The van der Waals surface area contributed by atoms with Crippen LogP contribution in [0.5, 0.6) is 5.75 Å². The van der Waals surface area contributed by atoms with E-state index in [0.717, 1.165) is 22.8 Å². The number of hydrogen-bond donors (Lipinski definition) is 1. The highest BCUT2D eigenvalue weighted by Crippen LogP contribution is 2.24. The van der Waals surface area contributed by atoms with Gasteiger partial charge in [0.25, 0.3) is 5.91 Å². The predicted octanol–water partition coefficient (Wildman–Crippen LogP) is 2.44. The molecule has 1 fully saturated rings. The lowest BCUT2D eigenvalue weighted by atomic mass is 10.2. The fourth-order valence-electron chi connectivity index (χ4n) is 1.97. The van der Waals surface area contributed by atoms with Crippen molar-refractivity contribution < 1.29 is 9.53 Å². The number of hydrazone groups is 1. The van der Waals surface area contributed by atoms with Crippen LogP contribution in [0.3, 0.4) is 0 Å². The Morgan fingerprint density at radius 3 is 3.04 bits per heavy atom. The minimum atomic E-state index is -0.368. The monoisotopic (exact) mass is 394 g/mol. The van der Waals surface area contributed by atoms with Gasteiger partial charge in [-0.1, -0.05) is 12.1 Å². The van der Waals surface area contributed by atoms with Crippen molar-refractivity contribution in [2.24, 2.45) is 12.1 Å². The number of carbonyl (C=O) groups excluding carboxylic acids is 1. The fourth-order valence-corrected chi connectivity index (χ4v) is 3.09. The van der Waals surface area contributed by atoms with Gasteiger partial charge >= 0.3 is 0 Å². The molecule has 1 aromatic carbocycles. The number of nitrogens with one attached hydrogen (secondary N) is 1. The van der Waals surface area contributed by atoms with Crippen molar-refractivity contribution in [1.82, 2.24) is 15.2 Å². The Bertz CT molecular complexity index is 743. The summed E-state index contributed by atoms with van der Waals surface area (Å²) in [6.45, 7) is 0. The van der Waals surface area contributed by atoms with Gasteiger partial charge in [0, 0.05) is 24.8 Å². The zero-order valence-corrected chi connectivity index (χ0v) is 14.8. The molecule has 3 rings (SSSR count). The molecule has 2 heterocycles. The smallest absolute Gasteiger partial charge is 0.293 e. The summed E-state index contributed by atoms with van der Waals surface area (Å²) in [7, 11) is 1.75. The SMILES string of the molecule is Cn1cc(Br)c(C(=O)N/N=C\c2cccc(OC3CSC3)c2)n1. The molecule has 1 aliphatic rings. The number of aromatic nitrogens is 2. The molecule has 0 unspecified atom stereocenters. The Morgan fingerprint density at radius 2 is 2.39 bits per heavy atom. The van der Waals surface area contributed by atoms with E-state index in [-0.39, 0.29) is 5.91 Å². The highest BCUT2D eigenvalue weighted by molar-refractivity contribution is 9.10. The molecule has 1 aromatic heterocycles. The average Bonchev–Trinajstić information content (AvgIpc) is 2.82. The van der Waals surface area contributed by atoms with Crippen LogP contribution in [0, 0.1) is 0 Å². The second-order valence-corrected chi connectivity index (χ2v) is 6.98. The third-order valence-electron chi connectivity index (χ3n) is 3.15. The van der Waals surface area contributed by atoms with Crippen LogP contribution in [0.2, 0.25) is 0 Å². The molecule has 120 valence electrons. The van der Waals surface area contributed by atoms with E-state index in [1.807, 2.05) is 36.0 Å². The maximum Gasteiger partial charge on any atom is 0.293 e. The van der Waals surface area contributed by atoms with Gasteiger partial charge in [-0.2, -0.15) is 22.0 Å². The van der Waals surface area contributed by atoms with E-state index in [0.29, 0.717) is 16.3 Å². The number of thioether (sulfide) groups is 1. The van der Waals surface area contributed by atoms with Crippen LogP contribution in [0.4, 0.5) is 0 Å². The van der Waals surface area contributed by atoms with Gasteiger partial charge in [0.2, 0.25) is 0 Å². The number of amides is 1. The Hall–Kier alpha value is -1.80. The molecule has 0 atom stereocenters. The first-order valence-corrected chi connectivity index (χ1v) is 8.93. The van der Waals surface area contributed by atoms with E-state index in [9.17, 15) is 4.79 Å². The molecule has 23 heavy (non-hydrogen) atoms. The van der Waals surface area contributed by atoms with Crippen LogP contribution < -0.4 is 10.2 Å². The first-order chi connectivity index (χ1) is 11.1. The maximum absolute atomic E-state index is 12.0. The summed E-state index contributed by atoms with van der Waals surface area (Å²) >= 11 is 5.16. The summed E-state index contributed by atoms with van der Waals surface area (Å²) in [6.07, 6.45) is 3.59. The highest BCUT2D eigenvalue weighted by Gasteiger charge is 2.19. The van der Waals surface area contributed by atoms with Crippen LogP contribution in [0.1, 0.15) is 16.1 Å². The zero-order valence-electron chi connectivity index (χ0n) is 12.4. The molecule has 0 saturated carbocycles. The maximum atomic E-state index is 12.0. The number of aryl methyl sites for hydroxylation is 1. The van der Waals surface area contributed by atoms with E-state index < -0.39 is 0 Å². The largest absolute Gasteiger partial charge is 0.489 e. The van der Waals surface area contributed by atoms with Gasteiger partial charge in [-0.15, -0.1) is 0 Å². The second-order valence-electron chi connectivity index (χ2n) is 5.05. The van der Waals surface area contributed by atoms with E-state index >= 15 is 0 Å². The van der Waals surface area contributed by atoms with Crippen LogP contribution >= 0.6 is 27.7 Å². The summed E-state index contributed by atoms with van der Waals surface area (Å²) in [4.78, 5) is 12.0. The molecule has 0 aliphatic carbocycles. The standard InChI is InChI=1S/C15H15BrN4O2S/c1-20-7-13(16)14(19-20)15(21)18-17-6-10-3-2-4-11(5-10)22-12-8-23-9-12/h2-7,12H,8-9H2,1H3,(H,18,21)/b17-6-. The third-order valence-corrected chi connectivity index (χ3v) is 4.94. The summed E-state index contributed by atoms with van der Waals surface area (Å²) in [5, 5.41) is 8.03. The molecule has 1 saturated heterocycles. The molecule has 1 aliphatic heterocycles. The molecule has 1 amide bonds. The van der Waals surface area contributed by atoms with Crippen molar-refractivity contribution in [2.45, 2.75) is 6.10 Å². The van der Waals surface area contributed by atoms with E-state index in [2.05, 4.69) is 31.6 Å². The number of ether oxygens (including phenoxy) is 1. The first-order valence-electron chi connectivity index (χ1n) is 6.99. The molecule has 1 N–H and O–H groups in total. The lowest BCUT2D eigenvalue weighted by Gasteiger charge is -2.25. The Kier molecular flexibility index (Phi) is 5.02. The van der Waals surface area contributed by atoms with Gasteiger partial charge in [-0.05, 0) is 33.6 Å². The van der Waals surface area contributed by atoms with Gasteiger partial charge in [0.1, 0.15) is 11.9 Å². The predicted molar refractivity (Wildman–Crippen MR) is 94.2 cm³/mol. The van der Waals surface area contributed by atoms with Crippen LogP contribution in [-0.2, 0) is 7.05 Å². The Labute approximate surface area is 146 Å². The molecule has 6 nitrogen and oxygen atoms in total. The fraction of sp³-hybridized carbons (Fsp3) is 0.267. The summed E-state index contributed by atoms with van der Waals surface area (Å²) in [5.41, 5.74) is 3.62. The van der Waals surface area contributed by atoms with Gasteiger partial charge in [-0.25, -0.2) is 5.43 Å². The average molecular weight is 395 g/mol. The summed E-state index contributed by atoms with van der Waals surface area (Å²) in [5.74, 6) is 2.52. The van der Waals surface area contributed by atoms with Crippen molar-refractivity contribution in [1.29, 1.82) is 0 Å². The van der Waals surface area contributed by atoms with Crippen molar-refractivity contribution in [2.75, 3.05) is 11.5 Å². The number of rotatable bonds is 5. The van der Waals surface area contributed by atoms with E-state index in [1.165, 1.54) is 0 Å². The number of hydrogen-bond acceptors (Lipinski definition) is 5. The van der Waals surface area contributed by atoms with Gasteiger partial charge in [0.05, 0.1) is 10.7 Å². The lowest BCUT2D eigenvalue weighted by Crippen LogP contribution is -2.31. The first kappa shape index (κ1) is 16.1. The van der Waals surface area contributed by atoms with Crippen molar-refractivity contribution in [3.8, 4) is 5.75 Å². The van der Waals surface area contributed by atoms with Crippen molar-refractivity contribution >= 4 is 39.8 Å². The quantitative estimate of drug-likeness (QED) is 0.624. The molecule has 8 heteroatoms. The van der Waals surface area contributed by atoms with Gasteiger partial charge in [-0.3, -0.25) is 9.48 Å². The van der Waals surface area contributed by atoms with Crippen LogP contribution in [0.15, 0.2) is 40.0 Å². The Morgan fingerprint density at radius 1 is 1.57 bits per heavy atom. The number of nitrogens with zero attached hydrogens (tertiary/aromatic N) is 3. The van der Waals surface area contributed by atoms with Crippen molar-refractivity contribution in [3.63, 3.8) is 0 Å². The highest BCUT2D eigenvalue weighted by atomic mass is 79.9. The number of carbonyl (C=O) groups is 1. The lowest BCUT2D eigenvalue weighted by molar-refractivity contribution is 0.0948. The van der Waals surface area contributed by atoms with Gasteiger partial charge < -0.3 is 4.74 Å². The molecule has 0 bridgehead atoms. The molecule has 0 radical (unpaired) electrons. The number of benzene rings is 1. The molecule has 0 spiro atoms. The minimum absolute atomic E-state index is 0.296. The minimum Gasteiger partial charge on any atom is -0.489 e. The Balaban J connectivity index is 1.60. The topological polar surface area (TPSA) is 68.5 Å². The van der Waals surface area contributed by atoms with Crippen LogP contribution in [0.25, 0.3) is 0 Å². The summed E-state index contributed by atoms with van der Waals surface area (Å²) < 4.78 is 8.00. The normalized spacial score (nSPS) is 14.7. The van der Waals surface area contributed by atoms with Crippen molar-refractivity contribution in [3.05, 3.63) is 46.2 Å². The van der Waals surface area contributed by atoms with Gasteiger partial charge in [0.15, 0.2) is 5.69 Å². The third kappa shape index (κ3) is 4.14. The van der Waals surface area contributed by atoms with E-state index in [1.54, 1.807) is 24.1 Å². The molecule has 2 aromatic rings. The summed E-state index contributed by atoms with van der Waals surface area (Å²) in [6, 6.07) is 7.62. The van der Waals surface area contributed by atoms with Crippen LogP contribution in [-0.4, -0.2) is 39.5 Å². The second kappa shape index (κ2) is 7.18. The molecular weight excluding hydrogens is 380 g/mol. The van der Waals surface area contributed by atoms with E-state index in [4.69, 9.17) is 4.74 Å². The zero-order chi connectivity index (χ0) is 16.2. The molecular formula is C15H15BrN4O2S.